The molecule has 1 amide bonds. The van der Waals surface area contributed by atoms with E-state index in [2.05, 4.69) is 10.1 Å². The summed E-state index contributed by atoms with van der Waals surface area (Å²) >= 11 is 5.82. The van der Waals surface area contributed by atoms with Gasteiger partial charge in [-0.2, -0.15) is 4.98 Å². The Labute approximate surface area is 139 Å². The van der Waals surface area contributed by atoms with E-state index >= 15 is 0 Å². The Morgan fingerprint density at radius 1 is 1.43 bits per heavy atom. The third-order valence-electron chi connectivity index (χ3n) is 3.84. The number of aromatic nitrogens is 2. The minimum atomic E-state index is -0.0408. The first-order chi connectivity index (χ1) is 11.1. The summed E-state index contributed by atoms with van der Waals surface area (Å²) in [4.78, 5) is 18.4. The highest BCUT2D eigenvalue weighted by Gasteiger charge is 2.28. The molecule has 1 aromatic heterocycles. The summed E-state index contributed by atoms with van der Waals surface area (Å²) in [5.41, 5.74) is 0. The highest BCUT2D eigenvalue weighted by molar-refractivity contribution is 6.30. The first-order valence-electron chi connectivity index (χ1n) is 7.58. The molecule has 2 heterocycles. The first kappa shape index (κ1) is 15.8. The van der Waals surface area contributed by atoms with E-state index in [0.29, 0.717) is 29.0 Å². The van der Waals surface area contributed by atoms with E-state index in [1.807, 2.05) is 0 Å². The van der Waals surface area contributed by atoms with Crippen molar-refractivity contribution in [2.24, 2.45) is 0 Å². The second-order valence-corrected chi connectivity index (χ2v) is 6.04. The summed E-state index contributed by atoms with van der Waals surface area (Å²) in [7, 11) is 0. The SMILES string of the molecule is Cc1noc([C@@H]2CCCN(C(=O)COc3ccc(Cl)cc3)C2)n1. The number of rotatable bonds is 4. The lowest BCUT2D eigenvalue weighted by atomic mass is 9.98. The van der Waals surface area contributed by atoms with Crippen LogP contribution in [0.5, 0.6) is 5.75 Å². The summed E-state index contributed by atoms with van der Waals surface area (Å²) in [6, 6.07) is 6.96. The fourth-order valence-corrected chi connectivity index (χ4v) is 2.78. The minimum absolute atomic E-state index is 0.0111. The van der Waals surface area contributed by atoms with Gasteiger partial charge >= 0.3 is 0 Å². The number of benzene rings is 1. The predicted molar refractivity (Wildman–Crippen MR) is 84.5 cm³/mol. The van der Waals surface area contributed by atoms with Crippen LogP contribution in [0.4, 0.5) is 0 Å². The summed E-state index contributed by atoms with van der Waals surface area (Å²) in [6.07, 6.45) is 1.86. The van der Waals surface area contributed by atoms with Gasteiger partial charge in [-0.15, -0.1) is 0 Å². The molecule has 1 atom stereocenters. The number of likely N-dealkylation sites (tertiary alicyclic amines) is 1. The second-order valence-electron chi connectivity index (χ2n) is 5.60. The Morgan fingerprint density at radius 3 is 2.91 bits per heavy atom. The van der Waals surface area contributed by atoms with Crippen molar-refractivity contribution < 1.29 is 14.1 Å². The Hall–Kier alpha value is -2.08. The molecular weight excluding hydrogens is 318 g/mol. The van der Waals surface area contributed by atoms with E-state index in [1.54, 1.807) is 36.1 Å². The highest BCUT2D eigenvalue weighted by Crippen LogP contribution is 2.25. The molecule has 0 aliphatic carbocycles. The number of amides is 1. The average Bonchev–Trinajstić information content (AvgIpc) is 3.01. The zero-order chi connectivity index (χ0) is 16.2. The lowest BCUT2D eigenvalue weighted by Crippen LogP contribution is -2.41. The van der Waals surface area contributed by atoms with Crippen LogP contribution in [0.1, 0.15) is 30.5 Å². The first-order valence-corrected chi connectivity index (χ1v) is 7.96. The van der Waals surface area contributed by atoms with E-state index in [1.165, 1.54) is 0 Å². The van der Waals surface area contributed by atoms with Crippen LogP contribution in [0, 0.1) is 6.92 Å². The molecule has 0 spiro atoms. The summed E-state index contributed by atoms with van der Waals surface area (Å²) < 4.78 is 10.7. The molecule has 23 heavy (non-hydrogen) atoms. The van der Waals surface area contributed by atoms with Gasteiger partial charge < -0.3 is 14.2 Å². The van der Waals surface area contributed by atoms with Crippen molar-refractivity contribution >= 4 is 17.5 Å². The van der Waals surface area contributed by atoms with E-state index in [9.17, 15) is 4.79 Å². The number of aryl methyl sites for hydroxylation is 1. The van der Waals surface area contributed by atoms with Gasteiger partial charge in [0.05, 0.1) is 5.92 Å². The molecular formula is C16H18ClN3O3. The third-order valence-corrected chi connectivity index (χ3v) is 4.09. The van der Waals surface area contributed by atoms with Crippen molar-refractivity contribution in [3.05, 3.63) is 41.0 Å². The number of piperidine rings is 1. The zero-order valence-electron chi connectivity index (χ0n) is 12.9. The number of carbonyl (C=O) groups excluding carboxylic acids is 1. The molecule has 1 aliphatic heterocycles. The van der Waals surface area contributed by atoms with Crippen LogP contribution < -0.4 is 4.74 Å². The van der Waals surface area contributed by atoms with Crippen molar-refractivity contribution in [3.63, 3.8) is 0 Å². The van der Waals surface area contributed by atoms with Crippen LogP contribution in [0.25, 0.3) is 0 Å². The maximum atomic E-state index is 12.3. The summed E-state index contributed by atoms with van der Waals surface area (Å²) in [5, 5.41) is 4.46. The fourth-order valence-electron chi connectivity index (χ4n) is 2.65. The summed E-state index contributed by atoms with van der Waals surface area (Å²) in [6.45, 7) is 3.12. The zero-order valence-corrected chi connectivity index (χ0v) is 13.6. The molecule has 0 bridgehead atoms. The molecule has 1 fully saturated rings. The Kier molecular flexibility index (Phi) is 4.81. The van der Waals surface area contributed by atoms with Gasteiger partial charge in [-0.05, 0) is 44.0 Å². The molecule has 1 aliphatic rings. The molecule has 6 nitrogen and oxygen atoms in total. The van der Waals surface area contributed by atoms with Gasteiger partial charge in [0.2, 0.25) is 5.89 Å². The van der Waals surface area contributed by atoms with Crippen LogP contribution >= 0.6 is 11.6 Å². The van der Waals surface area contributed by atoms with E-state index in [-0.39, 0.29) is 18.4 Å². The van der Waals surface area contributed by atoms with Gasteiger partial charge in [0.25, 0.3) is 5.91 Å². The maximum absolute atomic E-state index is 12.3. The molecule has 1 aromatic carbocycles. The smallest absolute Gasteiger partial charge is 0.260 e. The molecule has 0 N–H and O–H groups in total. The van der Waals surface area contributed by atoms with Crippen LogP contribution in [-0.2, 0) is 4.79 Å². The maximum Gasteiger partial charge on any atom is 0.260 e. The fraction of sp³-hybridized carbons (Fsp3) is 0.438. The largest absolute Gasteiger partial charge is 0.484 e. The average molecular weight is 336 g/mol. The topological polar surface area (TPSA) is 68.5 Å². The van der Waals surface area contributed by atoms with Gasteiger partial charge in [-0.3, -0.25) is 4.79 Å². The van der Waals surface area contributed by atoms with Gasteiger partial charge in [0, 0.05) is 18.1 Å². The van der Waals surface area contributed by atoms with E-state index in [0.717, 1.165) is 19.4 Å². The van der Waals surface area contributed by atoms with Crippen LogP contribution in [0.2, 0.25) is 5.02 Å². The van der Waals surface area contributed by atoms with Crippen LogP contribution in [0.15, 0.2) is 28.8 Å². The van der Waals surface area contributed by atoms with Crippen molar-refractivity contribution in [2.75, 3.05) is 19.7 Å². The number of hydrogen-bond donors (Lipinski definition) is 0. The highest BCUT2D eigenvalue weighted by atomic mass is 35.5. The Morgan fingerprint density at radius 2 is 2.22 bits per heavy atom. The number of hydrogen-bond acceptors (Lipinski definition) is 5. The van der Waals surface area contributed by atoms with Crippen LogP contribution in [0.3, 0.4) is 0 Å². The number of ether oxygens (including phenoxy) is 1. The van der Waals surface area contributed by atoms with Crippen molar-refractivity contribution in [1.82, 2.24) is 15.0 Å². The number of nitrogens with zero attached hydrogens (tertiary/aromatic N) is 3. The molecule has 7 heteroatoms. The lowest BCUT2D eigenvalue weighted by molar-refractivity contribution is -0.134. The minimum Gasteiger partial charge on any atom is -0.484 e. The van der Waals surface area contributed by atoms with Gasteiger partial charge in [-0.1, -0.05) is 16.8 Å². The van der Waals surface area contributed by atoms with Gasteiger partial charge in [0.15, 0.2) is 12.4 Å². The lowest BCUT2D eigenvalue weighted by Gasteiger charge is -2.30. The second kappa shape index (κ2) is 7.00. The molecule has 0 radical (unpaired) electrons. The van der Waals surface area contributed by atoms with E-state index in [4.69, 9.17) is 20.9 Å². The van der Waals surface area contributed by atoms with Crippen molar-refractivity contribution in [2.45, 2.75) is 25.7 Å². The van der Waals surface area contributed by atoms with Gasteiger partial charge in [0.1, 0.15) is 5.75 Å². The standard InChI is InChI=1S/C16H18ClN3O3/c1-11-18-16(23-19-11)12-3-2-8-20(9-12)15(21)10-22-14-6-4-13(17)5-7-14/h4-7,12H,2-3,8-10H2,1H3/t12-/m1/s1. The van der Waals surface area contributed by atoms with Gasteiger partial charge in [-0.25, -0.2) is 0 Å². The van der Waals surface area contributed by atoms with Crippen LogP contribution in [-0.4, -0.2) is 40.6 Å². The van der Waals surface area contributed by atoms with E-state index < -0.39 is 0 Å². The Balaban J connectivity index is 1.55. The normalized spacial score (nSPS) is 18.0. The predicted octanol–water partition coefficient (Wildman–Crippen LogP) is 2.82. The monoisotopic (exact) mass is 335 g/mol. The quantitative estimate of drug-likeness (QED) is 0.859. The van der Waals surface area contributed by atoms with Crippen molar-refractivity contribution in [1.29, 1.82) is 0 Å². The molecule has 3 rings (SSSR count). The molecule has 122 valence electrons. The molecule has 0 saturated carbocycles. The summed E-state index contributed by atoms with van der Waals surface area (Å²) in [5.74, 6) is 1.92. The third kappa shape index (κ3) is 4.01. The Bertz CT molecular complexity index is 671. The molecule has 0 unspecified atom stereocenters. The molecule has 2 aromatic rings. The molecule has 1 saturated heterocycles. The van der Waals surface area contributed by atoms with Crippen molar-refractivity contribution in [3.8, 4) is 5.75 Å². The number of halogens is 1. The number of carbonyl (C=O) groups is 1.